The zero-order valence-electron chi connectivity index (χ0n) is 10.8. The first-order valence-corrected chi connectivity index (χ1v) is 7.50. The van der Waals surface area contributed by atoms with E-state index in [1.807, 2.05) is 18.2 Å². The third-order valence-electron chi connectivity index (χ3n) is 2.51. The number of hydrogen-bond acceptors (Lipinski definition) is 4. The van der Waals surface area contributed by atoms with Crippen LogP contribution in [0, 0.1) is 6.92 Å². The molecule has 0 bridgehead atoms. The molecule has 5 nitrogen and oxygen atoms in total. The Morgan fingerprint density at radius 3 is 2.37 bits per heavy atom. The van der Waals surface area contributed by atoms with Gasteiger partial charge in [0.1, 0.15) is 7.05 Å². The highest BCUT2D eigenvalue weighted by Crippen LogP contribution is 2.16. The number of nitrogens with zero attached hydrogens (tertiary/aromatic N) is 1. The number of aromatic nitrogens is 1. The van der Waals surface area contributed by atoms with Crippen molar-refractivity contribution in [2.45, 2.75) is 6.92 Å². The number of pyridine rings is 1. The van der Waals surface area contributed by atoms with E-state index in [9.17, 15) is 8.42 Å². The molecule has 2 rings (SSSR count). The Morgan fingerprint density at radius 2 is 1.84 bits per heavy atom. The van der Waals surface area contributed by atoms with E-state index in [1.54, 1.807) is 0 Å². The summed E-state index contributed by atoms with van der Waals surface area (Å²) >= 11 is 5.90. The lowest BCUT2D eigenvalue weighted by molar-refractivity contribution is -0.651. The fourth-order valence-corrected chi connectivity index (χ4v) is 1.66. The maximum Gasteiger partial charge on any atom is 0.255 e. The van der Waals surface area contributed by atoms with E-state index in [-0.39, 0.29) is 0 Å². The predicted molar refractivity (Wildman–Crippen MR) is 70.8 cm³/mol. The highest BCUT2D eigenvalue weighted by molar-refractivity contribution is 7.85. The summed E-state index contributed by atoms with van der Waals surface area (Å²) in [5.41, 5.74) is 2.46. The number of aryl methyl sites for hydroxylation is 2. The van der Waals surface area contributed by atoms with Crippen molar-refractivity contribution in [1.82, 2.24) is 0 Å². The Bertz CT molecular complexity index is 685. The van der Waals surface area contributed by atoms with E-state index in [2.05, 4.69) is 35.0 Å². The van der Waals surface area contributed by atoms with E-state index in [0.717, 1.165) is 5.02 Å². The molecule has 1 heterocycles. The molecule has 0 aliphatic carbocycles. The normalized spacial score (nSPS) is 11.0. The minimum absolute atomic E-state index is 0.681. The van der Waals surface area contributed by atoms with Gasteiger partial charge in [-0.3, -0.25) is 0 Å². The molecule has 0 amide bonds. The zero-order chi connectivity index (χ0) is 14.6. The highest BCUT2D eigenvalue weighted by atomic mass is 35.5. The molecule has 0 N–H and O–H groups in total. The number of hydrogen-bond donors (Lipinski definition) is 0. The van der Waals surface area contributed by atoms with Crippen molar-refractivity contribution in [1.29, 1.82) is 0 Å². The van der Waals surface area contributed by atoms with Gasteiger partial charge < -0.3 is 9.59 Å². The molecule has 2 aromatic rings. The average Bonchev–Trinajstić information content (AvgIpc) is 2.34. The van der Waals surface area contributed by atoms with Crippen LogP contribution in [0.4, 0.5) is 0 Å². The largest absolute Gasteiger partial charge is 0.707 e. The van der Waals surface area contributed by atoms with Gasteiger partial charge in [-0.1, -0.05) is 11.6 Å². The topological polar surface area (TPSA) is 70.3 Å². The number of benzene rings is 1. The summed E-state index contributed by atoms with van der Waals surface area (Å²) in [7, 11) is -1.66. The summed E-state index contributed by atoms with van der Waals surface area (Å²) in [6.07, 6.45) is 0.681. The van der Waals surface area contributed by atoms with Gasteiger partial charge in [0.15, 0.2) is 5.69 Å². The van der Waals surface area contributed by atoms with Gasteiger partial charge in [-0.25, -0.2) is 8.42 Å². The lowest BCUT2D eigenvalue weighted by Gasteiger charge is -1.99. The molecule has 1 aromatic heterocycles. The Balaban J connectivity index is 0.000000258. The van der Waals surface area contributed by atoms with Crippen molar-refractivity contribution in [2.75, 3.05) is 6.26 Å². The van der Waals surface area contributed by atoms with Gasteiger partial charge in [0, 0.05) is 29.5 Å². The quantitative estimate of drug-likeness (QED) is 0.445. The molecule has 0 aliphatic heterocycles. The second-order valence-electron chi connectivity index (χ2n) is 4.01. The van der Waals surface area contributed by atoms with Crippen molar-refractivity contribution < 1.29 is 22.6 Å². The summed E-state index contributed by atoms with van der Waals surface area (Å²) in [5.74, 6) is 0. The summed E-state index contributed by atoms with van der Waals surface area (Å²) in [6, 6.07) is 10.1. The molecule has 7 heteroatoms. The molecule has 0 saturated carbocycles. The fourth-order valence-electron chi connectivity index (χ4n) is 1.48. The van der Waals surface area contributed by atoms with Crippen LogP contribution in [0.5, 0.6) is 0 Å². The van der Waals surface area contributed by atoms with Crippen LogP contribution in [-0.4, -0.2) is 14.7 Å². The van der Waals surface area contributed by atoms with E-state index in [1.165, 1.54) is 16.6 Å². The Labute approximate surface area is 117 Å². The maximum atomic E-state index is 9.47. The third kappa shape index (κ3) is 4.76. The van der Waals surface area contributed by atoms with Gasteiger partial charge in [-0.2, -0.15) is 4.57 Å². The second-order valence-corrected chi connectivity index (χ2v) is 5.99. The molecule has 0 atom stereocenters. The van der Waals surface area contributed by atoms with E-state index < -0.39 is 10.1 Å². The number of fused-ring (bicyclic) bond motifs is 1. The van der Waals surface area contributed by atoms with Gasteiger partial charge in [0.25, 0.3) is 10.1 Å². The molecule has 0 spiro atoms. The first-order valence-electron chi connectivity index (χ1n) is 5.31. The van der Waals surface area contributed by atoms with Crippen LogP contribution in [0.15, 0.2) is 30.3 Å². The molecule has 0 saturated heterocycles. The molecule has 104 valence electrons. The van der Waals surface area contributed by atoms with E-state index in [4.69, 9.17) is 16.9 Å². The smallest absolute Gasteiger partial charge is 0.255 e. The van der Waals surface area contributed by atoms with Crippen LogP contribution in [0.2, 0.25) is 5.02 Å². The van der Waals surface area contributed by atoms with Crippen molar-refractivity contribution in [3.05, 3.63) is 41.0 Å². The van der Waals surface area contributed by atoms with Gasteiger partial charge >= 0.3 is 0 Å². The predicted octanol–water partition coefficient (Wildman–Crippen LogP) is 0.864. The Kier molecular flexibility index (Phi) is 5.25. The van der Waals surface area contributed by atoms with Crippen molar-refractivity contribution in [3.8, 4) is 0 Å². The first-order chi connectivity index (χ1) is 8.74. The third-order valence-corrected chi connectivity index (χ3v) is 2.99. The van der Waals surface area contributed by atoms with Crippen molar-refractivity contribution >= 4 is 32.6 Å². The summed E-state index contributed by atoms with van der Waals surface area (Å²) < 4.78 is 23.7. The molecular weight excluding hydrogens is 290 g/mol. The second kappa shape index (κ2) is 6.29. The van der Waals surface area contributed by atoms with E-state index >= 15 is 0 Å². The Morgan fingerprint density at radius 1 is 1.26 bits per heavy atom. The standard InChI is InChI=1S/C11H11ClN.CH4O4S/c1-8-3-4-9-7-10(12)5-6-11(9)13(8)2;1-6(3,4)5-2/h3-7H,1-2H3;2H,1H3/q+1;/p-1. The summed E-state index contributed by atoms with van der Waals surface area (Å²) in [5, 5.41) is 10.8. The van der Waals surface area contributed by atoms with Gasteiger partial charge in [-0.15, -0.1) is 0 Å². The van der Waals surface area contributed by atoms with Crippen molar-refractivity contribution in [3.63, 3.8) is 0 Å². The van der Waals surface area contributed by atoms with Crippen LogP contribution >= 0.6 is 11.6 Å². The molecule has 0 radical (unpaired) electrons. The highest BCUT2D eigenvalue weighted by Gasteiger charge is 2.06. The lowest BCUT2D eigenvalue weighted by atomic mass is 10.2. The van der Waals surface area contributed by atoms with Gasteiger partial charge in [-0.05, 0) is 18.2 Å². The fraction of sp³-hybridized carbons (Fsp3) is 0.250. The monoisotopic (exact) mass is 303 g/mol. The van der Waals surface area contributed by atoms with Crippen molar-refractivity contribution in [2.24, 2.45) is 7.05 Å². The van der Waals surface area contributed by atoms with Gasteiger partial charge in [0.2, 0.25) is 5.52 Å². The molecular formula is C12H14ClNO4S. The Hall–Kier alpha value is -1.21. The molecule has 0 aliphatic rings. The van der Waals surface area contributed by atoms with E-state index in [0.29, 0.717) is 6.26 Å². The minimum atomic E-state index is -3.72. The van der Waals surface area contributed by atoms with Crippen LogP contribution in [-0.2, 0) is 21.5 Å². The molecule has 0 unspecified atom stereocenters. The minimum Gasteiger partial charge on any atom is -0.707 e. The molecule has 1 aromatic carbocycles. The molecule has 19 heavy (non-hydrogen) atoms. The SMILES string of the molecule is CS(=O)(=O)O[O-].Cc1ccc2cc(Cl)ccc2[n+]1C. The average molecular weight is 304 g/mol. The van der Waals surface area contributed by atoms with Gasteiger partial charge in [0.05, 0.1) is 6.26 Å². The summed E-state index contributed by atoms with van der Waals surface area (Å²) in [4.78, 5) is 0. The first kappa shape index (κ1) is 15.8. The van der Waals surface area contributed by atoms with Crippen LogP contribution in [0.3, 0.4) is 0 Å². The number of rotatable bonds is 1. The summed E-state index contributed by atoms with van der Waals surface area (Å²) in [6.45, 7) is 2.09. The van der Waals surface area contributed by atoms with Crippen LogP contribution in [0.25, 0.3) is 10.9 Å². The van der Waals surface area contributed by atoms with Crippen LogP contribution in [0.1, 0.15) is 5.69 Å². The van der Waals surface area contributed by atoms with Crippen LogP contribution < -0.4 is 9.82 Å². The zero-order valence-corrected chi connectivity index (χ0v) is 12.3. The molecule has 0 fully saturated rings. The maximum absolute atomic E-state index is 9.47. The number of halogens is 1. The lowest BCUT2D eigenvalue weighted by Crippen LogP contribution is -2.32.